The Balaban J connectivity index is 2.57. The summed E-state index contributed by atoms with van der Waals surface area (Å²) in [5, 5.41) is 0. The molecule has 0 aliphatic heterocycles. The van der Waals surface area contributed by atoms with Crippen molar-refractivity contribution in [3.8, 4) is 23.7 Å². The number of hydrogen-bond donors (Lipinski definition) is 0. The highest BCUT2D eigenvalue weighted by atomic mass is 14.1. The van der Waals surface area contributed by atoms with E-state index in [2.05, 4.69) is 50.5 Å². The molecule has 80 valence electrons. The molecule has 0 fully saturated rings. The van der Waals surface area contributed by atoms with Gasteiger partial charge in [0.25, 0.3) is 0 Å². The van der Waals surface area contributed by atoms with Gasteiger partial charge in [0, 0.05) is 5.56 Å². The molecular weight excluding hydrogens is 192 g/mol. The van der Waals surface area contributed by atoms with Crippen molar-refractivity contribution in [3.05, 3.63) is 48.0 Å². The number of allylic oxidation sites excluding steroid dienone is 2. The van der Waals surface area contributed by atoms with E-state index in [1.807, 2.05) is 36.4 Å². The summed E-state index contributed by atoms with van der Waals surface area (Å²) in [7, 11) is 0. The van der Waals surface area contributed by atoms with Crippen LogP contribution in [0.2, 0.25) is 0 Å². The zero-order chi connectivity index (χ0) is 11.9. The molecule has 0 saturated carbocycles. The summed E-state index contributed by atoms with van der Waals surface area (Å²) in [6, 6.07) is 9.86. The minimum absolute atomic E-state index is 0.182. The van der Waals surface area contributed by atoms with Crippen LogP contribution in [0.3, 0.4) is 0 Å². The number of hydrogen-bond acceptors (Lipinski definition) is 0. The van der Waals surface area contributed by atoms with Gasteiger partial charge in [0.05, 0.1) is 0 Å². The van der Waals surface area contributed by atoms with Crippen LogP contribution >= 0.6 is 0 Å². The Morgan fingerprint density at radius 2 is 1.69 bits per heavy atom. The second-order valence-electron chi connectivity index (χ2n) is 4.58. The monoisotopic (exact) mass is 208 g/mol. The lowest BCUT2D eigenvalue weighted by atomic mass is 9.96. The van der Waals surface area contributed by atoms with Gasteiger partial charge in [-0.05, 0) is 35.5 Å². The quantitative estimate of drug-likeness (QED) is 0.571. The van der Waals surface area contributed by atoms with E-state index in [0.29, 0.717) is 0 Å². The highest BCUT2D eigenvalue weighted by Crippen LogP contribution is 2.13. The van der Waals surface area contributed by atoms with Crippen molar-refractivity contribution >= 4 is 0 Å². The third kappa shape index (κ3) is 5.74. The van der Waals surface area contributed by atoms with E-state index in [1.54, 1.807) is 0 Å². The number of rotatable bonds is 0. The van der Waals surface area contributed by atoms with E-state index < -0.39 is 0 Å². The molecule has 0 atom stereocenters. The fourth-order valence-corrected chi connectivity index (χ4v) is 0.994. The fraction of sp³-hybridized carbons (Fsp3) is 0.250. The average molecular weight is 208 g/mol. The molecule has 0 nitrogen and oxygen atoms in total. The Bertz CT molecular complexity index is 462. The van der Waals surface area contributed by atoms with Crippen LogP contribution in [0.15, 0.2) is 42.5 Å². The molecule has 0 aliphatic carbocycles. The molecule has 0 aliphatic rings. The van der Waals surface area contributed by atoms with Crippen LogP contribution in [-0.4, -0.2) is 0 Å². The lowest BCUT2D eigenvalue weighted by molar-refractivity contribution is 0.544. The van der Waals surface area contributed by atoms with Crippen LogP contribution in [0.4, 0.5) is 0 Å². The van der Waals surface area contributed by atoms with E-state index in [4.69, 9.17) is 0 Å². The minimum atomic E-state index is 0.182. The molecule has 0 bridgehead atoms. The summed E-state index contributed by atoms with van der Waals surface area (Å²) in [5.41, 5.74) is 1.18. The summed E-state index contributed by atoms with van der Waals surface area (Å²) in [4.78, 5) is 0. The first kappa shape index (κ1) is 12.2. The van der Waals surface area contributed by atoms with Crippen molar-refractivity contribution in [1.82, 2.24) is 0 Å². The van der Waals surface area contributed by atoms with Gasteiger partial charge < -0.3 is 0 Å². The van der Waals surface area contributed by atoms with Crippen LogP contribution in [0, 0.1) is 29.1 Å². The molecule has 0 unspecified atom stereocenters. The maximum absolute atomic E-state index is 2.98. The molecule has 0 spiro atoms. The fourth-order valence-electron chi connectivity index (χ4n) is 0.994. The number of benzene rings is 1. The highest BCUT2D eigenvalue weighted by molar-refractivity contribution is 5.40. The van der Waals surface area contributed by atoms with Gasteiger partial charge in [-0.1, -0.05) is 56.9 Å². The molecule has 0 heteroatoms. The largest absolute Gasteiger partial charge is 0.0707 e. The molecule has 16 heavy (non-hydrogen) atoms. The zero-order valence-electron chi connectivity index (χ0n) is 10.0. The lowest BCUT2D eigenvalue weighted by Crippen LogP contribution is -1.97. The Labute approximate surface area is 98.4 Å². The Kier molecular flexibility index (Phi) is 4.43. The smallest absolute Gasteiger partial charge is 0.0255 e. The molecule has 0 amide bonds. The van der Waals surface area contributed by atoms with Crippen molar-refractivity contribution in [2.45, 2.75) is 20.8 Å². The Morgan fingerprint density at radius 3 is 2.31 bits per heavy atom. The van der Waals surface area contributed by atoms with Crippen molar-refractivity contribution < 1.29 is 0 Å². The van der Waals surface area contributed by atoms with Crippen molar-refractivity contribution in [1.29, 1.82) is 0 Å². The molecule has 1 aromatic carbocycles. The van der Waals surface area contributed by atoms with Crippen LogP contribution in [-0.2, 0) is 0 Å². The molecule has 0 radical (unpaired) electrons. The van der Waals surface area contributed by atoms with Gasteiger partial charge >= 0.3 is 0 Å². The van der Waals surface area contributed by atoms with E-state index in [1.165, 1.54) is 0 Å². The molecule has 0 N–H and O–H groups in total. The summed E-state index contributed by atoms with van der Waals surface area (Å²) in [6.07, 6.45) is 3.93. The Hall–Kier alpha value is -1.92. The van der Waals surface area contributed by atoms with Crippen molar-refractivity contribution in [3.63, 3.8) is 0 Å². The third-order valence-corrected chi connectivity index (χ3v) is 1.78. The molecule has 0 saturated heterocycles. The average Bonchev–Trinajstić information content (AvgIpc) is 2.23. The predicted molar refractivity (Wildman–Crippen MR) is 69.7 cm³/mol. The first-order valence-corrected chi connectivity index (χ1v) is 5.32. The van der Waals surface area contributed by atoms with E-state index in [0.717, 1.165) is 5.56 Å². The third-order valence-electron chi connectivity index (χ3n) is 1.78. The maximum Gasteiger partial charge on any atom is 0.0255 e. The normalized spacial score (nSPS) is 10.2. The molecule has 1 aromatic rings. The van der Waals surface area contributed by atoms with Gasteiger partial charge in [-0.2, -0.15) is 0 Å². The summed E-state index contributed by atoms with van der Waals surface area (Å²) in [6.45, 7) is 6.42. The molecular formula is C16H16. The van der Waals surface area contributed by atoms with E-state index >= 15 is 0 Å². The molecule has 1 rings (SSSR count). The second-order valence-corrected chi connectivity index (χ2v) is 4.58. The zero-order valence-corrected chi connectivity index (χ0v) is 10.0. The van der Waals surface area contributed by atoms with E-state index in [9.17, 15) is 0 Å². The summed E-state index contributed by atoms with van der Waals surface area (Å²) in [5.74, 6) is 11.5. The van der Waals surface area contributed by atoms with Gasteiger partial charge in [0.15, 0.2) is 0 Å². The minimum Gasteiger partial charge on any atom is -0.0707 e. The van der Waals surface area contributed by atoms with Crippen LogP contribution in [0.1, 0.15) is 26.3 Å². The second kappa shape index (κ2) is 5.84. The van der Waals surface area contributed by atoms with Gasteiger partial charge in [-0.3, -0.25) is 0 Å². The van der Waals surface area contributed by atoms with E-state index in [-0.39, 0.29) is 5.41 Å². The van der Waals surface area contributed by atoms with Crippen LogP contribution in [0.25, 0.3) is 0 Å². The van der Waals surface area contributed by atoms with Gasteiger partial charge in [0.1, 0.15) is 0 Å². The predicted octanol–water partition coefficient (Wildman–Crippen LogP) is 3.64. The van der Waals surface area contributed by atoms with Gasteiger partial charge in [-0.15, -0.1) is 0 Å². The van der Waals surface area contributed by atoms with Crippen LogP contribution < -0.4 is 0 Å². The molecule has 0 heterocycles. The van der Waals surface area contributed by atoms with Crippen molar-refractivity contribution in [2.75, 3.05) is 0 Å². The maximum atomic E-state index is 2.98. The van der Waals surface area contributed by atoms with Gasteiger partial charge in [0.2, 0.25) is 0 Å². The SMILES string of the molecule is CC(C)(C)/C=C/C#CC#Cc1ccccc1. The first-order chi connectivity index (χ1) is 7.58. The van der Waals surface area contributed by atoms with Gasteiger partial charge in [-0.25, -0.2) is 0 Å². The lowest BCUT2D eigenvalue weighted by Gasteiger charge is -2.09. The standard InChI is InChI=1S/C16H16/c1-16(2,3)14-10-5-4-7-11-15-12-8-6-9-13-15/h6,8-10,12-14H,1-3H3/b14-10+. The topological polar surface area (TPSA) is 0 Å². The highest BCUT2D eigenvalue weighted by Gasteiger charge is 2.01. The van der Waals surface area contributed by atoms with Crippen molar-refractivity contribution in [2.24, 2.45) is 5.41 Å². The summed E-state index contributed by atoms with van der Waals surface area (Å²) < 4.78 is 0. The summed E-state index contributed by atoms with van der Waals surface area (Å²) >= 11 is 0. The first-order valence-electron chi connectivity index (χ1n) is 5.32. The Morgan fingerprint density at radius 1 is 1.00 bits per heavy atom. The van der Waals surface area contributed by atoms with Crippen LogP contribution in [0.5, 0.6) is 0 Å². The molecule has 0 aromatic heterocycles.